The summed E-state index contributed by atoms with van der Waals surface area (Å²) in [5.74, 6) is 2.13. The Labute approximate surface area is 173 Å². The summed E-state index contributed by atoms with van der Waals surface area (Å²) >= 11 is 0. The lowest BCUT2D eigenvalue weighted by molar-refractivity contribution is -0.0728. The van der Waals surface area contributed by atoms with Crippen molar-refractivity contribution in [1.82, 2.24) is 9.80 Å². The van der Waals surface area contributed by atoms with Crippen LogP contribution >= 0.6 is 0 Å². The number of piperidine rings is 1. The molecule has 0 N–H and O–H groups in total. The number of hydrogen-bond acceptors (Lipinski definition) is 6. The summed E-state index contributed by atoms with van der Waals surface area (Å²) in [6.07, 6.45) is 2.63. The topological polar surface area (TPSA) is 60.5 Å². The Morgan fingerprint density at radius 3 is 2.03 bits per heavy atom. The van der Waals surface area contributed by atoms with E-state index in [1.54, 1.807) is 33.5 Å². The first-order chi connectivity index (χ1) is 13.9. The second kappa shape index (κ2) is 9.67. The Morgan fingerprint density at radius 1 is 1.00 bits per heavy atom. The fourth-order valence-electron chi connectivity index (χ4n) is 4.50. The van der Waals surface area contributed by atoms with E-state index in [2.05, 4.69) is 18.7 Å². The zero-order valence-electron chi connectivity index (χ0n) is 18.3. The lowest BCUT2D eigenvalue weighted by Gasteiger charge is -2.39. The zero-order valence-corrected chi connectivity index (χ0v) is 18.3. The van der Waals surface area contributed by atoms with E-state index in [9.17, 15) is 4.79 Å². The van der Waals surface area contributed by atoms with Crippen LogP contribution in [0.3, 0.4) is 0 Å². The average Bonchev–Trinajstić information content (AvgIpc) is 2.71. The minimum absolute atomic E-state index is 0.0105. The van der Waals surface area contributed by atoms with E-state index in [-0.39, 0.29) is 5.91 Å². The average molecular weight is 407 g/mol. The summed E-state index contributed by atoms with van der Waals surface area (Å²) in [5.41, 5.74) is 0.564. The molecule has 2 aliphatic heterocycles. The predicted octanol–water partition coefficient (Wildman–Crippen LogP) is 2.67. The summed E-state index contributed by atoms with van der Waals surface area (Å²) in [5, 5.41) is 0. The number of methoxy groups -OCH3 is 3. The van der Waals surface area contributed by atoms with E-state index < -0.39 is 0 Å². The van der Waals surface area contributed by atoms with Crippen LogP contribution < -0.4 is 14.2 Å². The molecule has 0 radical (unpaired) electrons. The number of amides is 1. The third-order valence-corrected chi connectivity index (χ3v) is 5.83. The van der Waals surface area contributed by atoms with Gasteiger partial charge in [-0.3, -0.25) is 9.69 Å². The van der Waals surface area contributed by atoms with Gasteiger partial charge in [0.15, 0.2) is 11.5 Å². The quantitative estimate of drug-likeness (QED) is 0.724. The molecule has 2 aliphatic rings. The summed E-state index contributed by atoms with van der Waals surface area (Å²) < 4.78 is 22.0. The highest BCUT2D eigenvalue weighted by atomic mass is 16.5. The molecule has 2 heterocycles. The summed E-state index contributed by atoms with van der Waals surface area (Å²) in [4.78, 5) is 17.5. The van der Waals surface area contributed by atoms with Crippen molar-refractivity contribution in [2.45, 2.75) is 38.9 Å². The molecule has 1 aromatic rings. The molecule has 0 saturated carbocycles. The number of morpholine rings is 1. The van der Waals surface area contributed by atoms with E-state index in [1.165, 1.54) is 0 Å². The molecule has 0 aliphatic carbocycles. The first-order valence-electron chi connectivity index (χ1n) is 10.4. The molecule has 29 heavy (non-hydrogen) atoms. The van der Waals surface area contributed by atoms with Gasteiger partial charge in [0.1, 0.15) is 0 Å². The maximum absolute atomic E-state index is 13.1. The molecular weight excluding hydrogens is 372 g/mol. The van der Waals surface area contributed by atoms with Gasteiger partial charge < -0.3 is 23.8 Å². The number of likely N-dealkylation sites (tertiary alicyclic amines) is 1. The molecule has 7 heteroatoms. The van der Waals surface area contributed by atoms with E-state index >= 15 is 0 Å². The van der Waals surface area contributed by atoms with Crippen LogP contribution in [0.15, 0.2) is 12.1 Å². The van der Waals surface area contributed by atoms with Gasteiger partial charge in [0, 0.05) is 38.3 Å². The zero-order chi connectivity index (χ0) is 21.0. The van der Waals surface area contributed by atoms with Crippen LogP contribution in [-0.4, -0.2) is 82.0 Å². The summed E-state index contributed by atoms with van der Waals surface area (Å²) in [7, 11) is 4.68. The standard InChI is InChI=1S/C22H34N2O5/c1-15-12-23(13-16(2)29-15)14-17-6-8-24(9-7-17)22(25)18-10-19(26-3)21(28-5)20(11-18)27-4/h10-11,15-17H,6-9,12-14H2,1-5H3. The van der Waals surface area contributed by atoms with Crippen LogP contribution in [0.1, 0.15) is 37.0 Å². The molecule has 7 nitrogen and oxygen atoms in total. The second-order valence-electron chi connectivity index (χ2n) is 8.13. The fraction of sp³-hybridized carbons (Fsp3) is 0.682. The molecular formula is C22H34N2O5. The fourth-order valence-corrected chi connectivity index (χ4v) is 4.50. The minimum Gasteiger partial charge on any atom is -0.493 e. The van der Waals surface area contributed by atoms with E-state index in [0.717, 1.165) is 45.6 Å². The van der Waals surface area contributed by atoms with Crippen LogP contribution in [0.4, 0.5) is 0 Å². The highest BCUT2D eigenvalue weighted by Gasteiger charge is 2.29. The lowest BCUT2D eigenvalue weighted by Crippen LogP contribution is -2.48. The maximum atomic E-state index is 13.1. The van der Waals surface area contributed by atoms with E-state index in [0.29, 0.717) is 40.9 Å². The SMILES string of the molecule is COc1cc(C(=O)N2CCC(CN3CC(C)OC(C)C3)CC2)cc(OC)c1OC. The Kier molecular flexibility index (Phi) is 7.24. The van der Waals surface area contributed by atoms with Crippen LogP contribution in [0.2, 0.25) is 0 Å². The van der Waals surface area contributed by atoms with Gasteiger partial charge in [-0.2, -0.15) is 0 Å². The first kappa shape index (κ1) is 21.7. The molecule has 162 valence electrons. The highest BCUT2D eigenvalue weighted by Crippen LogP contribution is 2.38. The minimum atomic E-state index is 0.0105. The van der Waals surface area contributed by atoms with Crippen molar-refractivity contribution in [3.8, 4) is 17.2 Å². The third-order valence-electron chi connectivity index (χ3n) is 5.83. The number of carbonyl (C=O) groups is 1. The third kappa shape index (κ3) is 5.14. The number of carbonyl (C=O) groups excluding carboxylic acids is 1. The number of nitrogens with zero attached hydrogens (tertiary/aromatic N) is 2. The smallest absolute Gasteiger partial charge is 0.254 e. The molecule has 2 unspecified atom stereocenters. The van der Waals surface area contributed by atoms with Gasteiger partial charge in [-0.05, 0) is 44.7 Å². The Morgan fingerprint density at radius 2 is 1.55 bits per heavy atom. The Balaban J connectivity index is 1.60. The second-order valence-corrected chi connectivity index (χ2v) is 8.13. The maximum Gasteiger partial charge on any atom is 0.254 e. The first-order valence-corrected chi connectivity index (χ1v) is 10.4. The number of ether oxygens (including phenoxy) is 4. The van der Waals surface area contributed by atoms with Gasteiger partial charge >= 0.3 is 0 Å². The Hall–Kier alpha value is -1.99. The molecule has 0 aromatic heterocycles. The van der Waals surface area contributed by atoms with Gasteiger partial charge in [0.05, 0.1) is 33.5 Å². The van der Waals surface area contributed by atoms with Crippen molar-refractivity contribution in [3.05, 3.63) is 17.7 Å². The summed E-state index contributed by atoms with van der Waals surface area (Å²) in [6, 6.07) is 3.46. The molecule has 2 fully saturated rings. The van der Waals surface area contributed by atoms with Crippen molar-refractivity contribution in [2.24, 2.45) is 5.92 Å². The lowest BCUT2D eigenvalue weighted by atomic mass is 9.95. The van der Waals surface area contributed by atoms with Crippen molar-refractivity contribution in [3.63, 3.8) is 0 Å². The van der Waals surface area contributed by atoms with Crippen LogP contribution in [0, 0.1) is 5.92 Å². The van der Waals surface area contributed by atoms with Gasteiger partial charge in [0.2, 0.25) is 5.75 Å². The predicted molar refractivity (Wildman–Crippen MR) is 111 cm³/mol. The molecule has 3 rings (SSSR count). The highest BCUT2D eigenvalue weighted by molar-refractivity contribution is 5.95. The van der Waals surface area contributed by atoms with Crippen LogP contribution in [0.25, 0.3) is 0 Å². The molecule has 1 aromatic carbocycles. The van der Waals surface area contributed by atoms with Crippen molar-refractivity contribution >= 4 is 5.91 Å². The van der Waals surface area contributed by atoms with Gasteiger partial charge in [-0.25, -0.2) is 0 Å². The molecule has 0 bridgehead atoms. The molecule has 2 atom stereocenters. The van der Waals surface area contributed by atoms with Gasteiger partial charge in [0.25, 0.3) is 5.91 Å². The van der Waals surface area contributed by atoms with Crippen molar-refractivity contribution < 1.29 is 23.7 Å². The number of benzene rings is 1. The summed E-state index contributed by atoms with van der Waals surface area (Å²) in [6.45, 7) is 8.90. The Bertz CT molecular complexity index is 667. The number of hydrogen-bond donors (Lipinski definition) is 0. The van der Waals surface area contributed by atoms with Crippen LogP contribution in [-0.2, 0) is 4.74 Å². The largest absolute Gasteiger partial charge is 0.493 e. The van der Waals surface area contributed by atoms with Crippen molar-refractivity contribution in [1.29, 1.82) is 0 Å². The molecule has 2 saturated heterocycles. The van der Waals surface area contributed by atoms with Crippen LogP contribution in [0.5, 0.6) is 17.2 Å². The normalized spacial score (nSPS) is 23.7. The van der Waals surface area contributed by atoms with Gasteiger partial charge in [-0.15, -0.1) is 0 Å². The molecule has 0 spiro atoms. The molecule has 1 amide bonds. The van der Waals surface area contributed by atoms with Gasteiger partial charge in [-0.1, -0.05) is 0 Å². The number of rotatable bonds is 6. The van der Waals surface area contributed by atoms with E-state index in [1.807, 2.05) is 4.90 Å². The monoisotopic (exact) mass is 406 g/mol. The van der Waals surface area contributed by atoms with E-state index in [4.69, 9.17) is 18.9 Å². The van der Waals surface area contributed by atoms with Crippen molar-refractivity contribution in [2.75, 3.05) is 54.1 Å².